The number of carbonyl (C=O) groups is 2. The Hall–Kier alpha value is -1.36. The normalized spacial score (nSPS) is 18.8. The lowest BCUT2D eigenvalue weighted by molar-refractivity contribution is -0.138. The quantitative estimate of drug-likeness (QED) is 0.904. The highest BCUT2D eigenvalue weighted by molar-refractivity contribution is 9.10. The molecular formula is C11H10BrNO3. The molecule has 0 fully saturated rings. The second-order valence-electron chi connectivity index (χ2n) is 3.76. The number of amides is 1. The van der Waals surface area contributed by atoms with E-state index in [9.17, 15) is 9.59 Å². The molecule has 1 amide bonds. The lowest BCUT2D eigenvalue weighted by Gasteiger charge is -2.18. The number of hydrogen-bond acceptors (Lipinski definition) is 2. The number of carboxylic acid groups (broad SMARTS) is 1. The maximum Gasteiger partial charge on any atom is 0.305 e. The van der Waals surface area contributed by atoms with E-state index in [-0.39, 0.29) is 18.4 Å². The second kappa shape index (κ2) is 3.90. The molecule has 1 atom stereocenters. The Balaban J connectivity index is 2.45. The van der Waals surface area contributed by atoms with Crippen molar-refractivity contribution in [1.29, 1.82) is 0 Å². The van der Waals surface area contributed by atoms with Crippen LogP contribution in [0.25, 0.3) is 0 Å². The van der Waals surface area contributed by atoms with Crippen LogP contribution in [0.3, 0.4) is 0 Å². The predicted octanol–water partition coefficient (Wildman–Crippen LogP) is 2.05. The maximum atomic E-state index is 11.9. The van der Waals surface area contributed by atoms with Crippen molar-refractivity contribution in [3.63, 3.8) is 0 Å². The van der Waals surface area contributed by atoms with Crippen LogP contribution in [0, 0.1) is 0 Å². The molecule has 1 aliphatic heterocycles. The first kappa shape index (κ1) is 11.1. The molecule has 1 aromatic rings. The highest BCUT2D eigenvalue weighted by Gasteiger charge is 2.35. The lowest BCUT2D eigenvalue weighted by atomic mass is 10.0. The number of carbonyl (C=O) groups excluding carboxylic acids is 1. The van der Waals surface area contributed by atoms with Crippen molar-refractivity contribution in [2.75, 3.05) is 7.05 Å². The lowest BCUT2D eigenvalue weighted by Crippen LogP contribution is -2.24. The van der Waals surface area contributed by atoms with Gasteiger partial charge in [0.2, 0.25) is 0 Å². The first-order chi connectivity index (χ1) is 7.50. The smallest absolute Gasteiger partial charge is 0.305 e. The van der Waals surface area contributed by atoms with Crippen molar-refractivity contribution in [2.45, 2.75) is 12.5 Å². The van der Waals surface area contributed by atoms with Gasteiger partial charge in [-0.2, -0.15) is 0 Å². The van der Waals surface area contributed by atoms with Crippen LogP contribution >= 0.6 is 15.9 Å². The Morgan fingerprint density at radius 2 is 2.25 bits per heavy atom. The number of rotatable bonds is 2. The van der Waals surface area contributed by atoms with Gasteiger partial charge in [0, 0.05) is 17.1 Å². The number of nitrogens with zero attached hydrogens (tertiary/aromatic N) is 1. The van der Waals surface area contributed by atoms with Gasteiger partial charge < -0.3 is 10.0 Å². The van der Waals surface area contributed by atoms with E-state index in [1.807, 2.05) is 6.07 Å². The summed E-state index contributed by atoms with van der Waals surface area (Å²) in [7, 11) is 1.63. The molecule has 0 saturated heterocycles. The molecule has 1 unspecified atom stereocenters. The van der Waals surface area contributed by atoms with Crippen molar-refractivity contribution in [3.8, 4) is 0 Å². The number of halogens is 1. The zero-order chi connectivity index (χ0) is 11.9. The highest BCUT2D eigenvalue weighted by Crippen LogP contribution is 2.35. The van der Waals surface area contributed by atoms with Crippen LogP contribution in [0.4, 0.5) is 0 Å². The Morgan fingerprint density at radius 1 is 1.56 bits per heavy atom. The summed E-state index contributed by atoms with van der Waals surface area (Å²) < 4.78 is 0.823. The fourth-order valence-corrected chi connectivity index (χ4v) is 2.32. The maximum absolute atomic E-state index is 11.9. The van der Waals surface area contributed by atoms with Crippen molar-refractivity contribution in [2.24, 2.45) is 0 Å². The number of hydrogen-bond donors (Lipinski definition) is 1. The van der Waals surface area contributed by atoms with Crippen molar-refractivity contribution >= 4 is 27.8 Å². The summed E-state index contributed by atoms with van der Waals surface area (Å²) in [5.74, 6) is -1.03. The van der Waals surface area contributed by atoms with E-state index in [0.717, 1.165) is 10.0 Å². The van der Waals surface area contributed by atoms with Crippen molar-refractivity contribution in [3.05, 3.63) is 33.8 Å². The topological polar surface area (TPSA) is 57.6 Å². The van der Waals surface area contributed by atoms with E-state index < -0.39 is 5.97 Å². The van der Waals surface area contributed by atoms with Gasteiger partial charge in [-0.05, 0) is 17.7 Å². The number of fused-ring (bicyclic) bond motifs is 1. The van der Waals surface area contributed by atoms with Crippen LogP contribution in [0.15, 0.2) is 22.7 Å². The van der Waals surface area contributed by atoms with Gasteiger partial charge >= 0.3 is 5.97 Å². The minimum atomic E-state index is -0.902. The predicted molar refractivity (Wildman–Crippen MR) is 61.2 cm³/mol. The molecule has 1 heterocycles. The minimum Gasteiger partial charge on any atom is -0.481 e. The monoisotopic (exact) mass is 283 g/mol. The average molecular weight is 284 g/mol. The van der Waals surface area contributed by atoms with Gasteiger partial charge in [-0.3, -0.25) is 9.59 Å². The summed E-state index contributed by atoms with van der Waals surface area (Å²) in [6.45, 7) is 0. The number of benzene rings is 1. The Labute approximate surface area is 101 Å². The molecule has 0 spiro atoms. The molecule has 0 aromatic heterocycles. The molecule has 1 aliphatic rings. The van der Waals surface area contributed by atoms with Crippen molar-refractivity contribution < 1.29 is 14.7 Å². The number of aliphatic carboxylic acids is 1. The third-order valence-electron chi connectivity index (χ3n) is 2.76. The average Bonchev–Trinajstić information content (AvgIpc) is 2.43. The molecule has 1 aromatic carbocycles. The largest absolute Gasteiger partial charge is 0.481 e. The molecule has 0 bridgehead atoms. The molecule has 0 radical (unpaired) electrons. The molecular weight excluding hydrogens is 274 g/mol. The first-order valence-electron chi connectivity index (χ1n) is 4.79. The van der Waals surface area contributed by atoms with Gasteiger partial charge in [0.1, 0.15) is 0 Å². The molecule has 2 rings (SSSR count). The Kier molecular flexibility index (Phi) is 2.71. The summed E-state index contributed by atoms with van der Waals surface area (Å²) in [6, 6.07) is 5.00. The van der Waals surface area contributed by atoms with E-state index in [1.54, 1.807) is 19.2 Å². The van der Waals surface area contributed by atoms with E-state index >= 15 is 0 Å². The fourth-order valence-electron chi connectivity index (χ4n) is 1.96. The van der Waals surface area contributed by atoms with Crippen LogP contribution < -0.4 is 0 Å². The van der Waals surface area contributed by atoms with Crippen LogP contribution in [-0.2, 0) is 4.79 Å². The summed E-state index contributed by atoms with van der Waals surface area (Å²) >= 11 is 3.30. The molecule has 0 saturated carbocycles. The molecule has 4 nitrogen and oxygen atoms in total. The van der Waals surface area contributed by atoms with Gasteiger partial charge in [-0.15, -0.1) is 0 Å². The van der Waals surface area contributed by atoms with Gasteiger partial charge in [0.25, 0.3) is 5.91 Å². The second-order valence-corrected chi connectivity index (χ2v) is 4.68. The van der Waals surface area contributed by atoms with E-state index in [1.165, 1.54) is 4.90 Å². The van der Waals surface area contributed by atoms with Gasteiger partial charge in [0.05, 0.1) is 12.5 Å². The SMILES string of the molecule is CN1C(=O)c2cc(Br)ccc2C1CC(=O)O. The zero-order valence-electron chi connectivity index (χ0n) is 8.61. The van der Waals surface area contributed by atoms with Gasteiger partial charge in [-0.25, -0.2) is 0 Å². The highest BCUT2D eigenvalue weighted by atomic mass is 79.9. The van der Waals surface area contributed by atoms with E-state index in [2.05, 4.69) is 15.9 Å². The van der Waals surface area contributed by atoms with Crippen LogP contribution in [-0.4, -0.2) is 28.9 Å². The third-order valence-corrected chi connectivity index (χ3v) is 3.25. The molecule has 84 valence electrons. The number of carboxylic acids is 1. The van der Waals surface area contributed by atoms with Gasteiger partial charge in [-0.1, -0.05) is 22.0 Å². The van der Waals surface area contributed by atoms with Crippen molar-refractivity contribution in [1.82, 2.24) is 4.90 Å². The summed E-state index contributed by atoms with van der Waals surface area (Å²) in [5, 5.41) is 8.81. The summed E-state index contributed by atoms with van der Waals surface area (Å²) in [5.41, 5.74) is 1.38. The standard InChI is InChI=1S/C11H10BrNO3/c1-13-9(5-10(14)15)7-3-2-6(12)4-8(7)11(13)16/h2-4,9H,5H2,1H3,(H,14,15). The van der Waals surface area contributed by atoms with E-state index in [0.29, 0.717) is 5.56 Å². The minimum absolute atomic E-state index is 0.0587. The van der Waals surface area contributed by atoms with Crippen LogP contribution in [0.2, 0.25) is 0 Å². The molecule has 16 heavy (non-hydrogen) atoms. The van der Waals surface area contributed by atoms with Crippen LogP contribution in [0.5, 0.6) is 0 Å². The third kappa shape index (κ3) is 1.71. The molecule has 0 aliphatic carbocycles. The van der Waals surface area contributed by atoms with Crippen LogP contribution in [0.1, 0.15) is 28.4 Å². The fraction of sp³-hybridized carbons (Fsp3) is 0.273. The summed E-state index contributed by atoms with van der Waals surface area (Å²) in [6.07, 6.45) is -0.0587. The Bertz CT molecular complexity index is 472. The van der Waals surface area contributed by atoms with E-state index in [4.69, 9.17) is 5.11 Å². The molecule has 1 N–H and O–H groups in total. The zero-order valence-corrected chi connectivity index (χ0v) is 10.2. The van der Waals surface area contributed by atoms with Gasteiger partial charge in [0.15, 0.2) is 0 Å². The Morgan fingerprint density at radius 3 is 2.88 bits per heavy atom. The molecule has 5 heteroatoms. The first-order valence-corrected chi connectivity index (χ1v) is 5.58. The summed E-state index contributed by atoms with van der Waals surface area (Å²) in [4.78, 5) is 24.1.